The minimum Gasteiger partial charge on any atom is -0.496 e. The molecule has 1 atom stereocenters. The summed E-state index contributed by atoms with van der Waals surface area (Å²) in [5, 5.41) is 2.99. The van der Waals surface area contributed by atoms with E-state index in [1.165, 1.54) is 0 Å². The van der Waals surface area contributed by atoms with E-state index in [0.29, 0.717) is 18.7 Å². The molecular formula is C27H28N2O3. The number of methoxy groups -OCH3 is 1. The van der Waals surface area contributed by atoms with E-state index in [-0.39, 0.29) is 17.7 Å². The average Bonchev–Trinajstić information content (AvgIpc) is 2.87. The number of piperidine rings is 1. The van der Waals surface area contributed by atoms with Crippen LogP contribution in [0.15, 0.2) is 78.9 Å². The molecule has 32 heavy (non-hydrogen) atoms. The van der Waals surface area contributed by atoms with Crippen LogP contribution in [0.1, 0.15) is 50.6 Å². The molecule has 1 heterocycles. The van der Waals surface area contributed by atoms with Crippen molar-refractivity contribution in [1.29, 1.82) is 0 Å². The van der Waals surface area contributed by atoms with Crippen LogP contribution in [-0.2, 0) is 6.54 Å². The Morgan fingerprint density at radius 1 is 0.969 bits per heavy atom. The molecule has 0 unspecified atom stereocenters. The number of hydrogen-bond donors (Lipinski definition) is 1. The largest absolute Gasteiger partial charge is 0.496 e. The van der Waals surface area contributed by atoms with Gasteiger partial charge in [-0.15, -0.1) is 0 Å². The molecule has 1 N–H and O–H groups in total. The first-order chi connectivity index (χ1) is 15.7. The second kappa shape index (κ2) is 10.1. The lowest BCUT2D eigenvalue weighted by molar-refractivity contribution is 0.0706. The first-order valence-electron chi connectivity index (χ1n) is 11.0. The lowest BCUT2D eigenvalue weighted by Gasteiger charge is -2.33. The van der Waals surface area contributed by atoms with E-state index in [1.54, 1.807) is 7.11 Å². The summed E-state index contributed by atoms with van der Waals surface area (Å²) in [6.45, 7) is 1.83. The summed E-state index contributed by atoms with van der Waals surface area (Å²) < 4.78 is 5.36. The zero-order valence-electron chi connectivity index (χ0n) is 18.3. The Morgan fingerprint density at radius 3 is 2.53 bits per heavy atom. The maximum Gasteiger partial charge on any atom is 0.253 e. The Bertz CT molecular complexity index is 1080. The van der Waals surface area contributed by atoms with Crippen LogP contribution in [0.25, 0.3) is 0 Å². The molecule has 5 heteroatoms. The highest BCUT2D eigenvalue weighted by Crippen LogP contribution is 2.28. The molecule has 4 rings (SSSR count). The van der Waals surface area contributed by atoms with Gasteiger partial charge < -0.3 is 15.0 Å². The van der Waals surface area contributed by atoms with Crippen molar-refractivity contribution in [2.75, 3.05) is 20.2 Å². The second-order valence-corrected chi connectivity index (χ2v) is 8.08. The predicted molar refractivity (Wildman–Crippen MR) is 125 cm³/mol. The molecule has 3 aromatic rings. The van der Waals surface area contributed by atoms with Crippen molar-refractivity contribution < 1.29 is 14.3 Å². The molecule has 0 bridgehead atoms. The van der Waals surface area contributed by atoms with Crippen LogP contribution >= 0.6 is 0 Å². The van der Waals surface area contributed by atoms with Gasteiger partial charge in [-0.05, 0) is 48.7 Å². The number of rotatable bonds is 6. The fourth-order valence-corrected chi connectivity index (χ4v) is 4.26. The predicted octanol–water partition coefficient (Wildman–Crippen LogP) is 4.65. The zero-order valence-corrected chi connectivity index (χ0v) is 18.3. The fraction of sp³-hybridized carbons (Fsp3) is 0.259. The molecule has 0 aliphatic carbocycles. The third kappa shape index (κ3) is 4.99. The third-order valence-electron chi connectivity index (χ3n) is 5.98. The molecule has 3 aromatic carbocycles. The molecule has 1 fully saturated rings. The standard InChI is InChI=1S/C27H28N2O3/c1-32-25-15-6-5-11-23(25)18-28-26(30)22-13-7-12-21(17-22)24-14-8-16-29(19-24)27(31)20-9-3-2-4-10-20/h2-7,9-13,15,17,24H,8,14,16,18-19H2,1H3,(H,28,30)/t24-/m0/s1. The second-order valence-electron chi connectivity index (χ2n) is 8.08. The van der Waals surface area contributed by atoms with E-state index in [9.17, 15) is 9.59 Å². The summed E-state index contributed by atoms with van der Waals surface area (Å²) in [6.07, 6.45) is 1.96. The number of para-hydroxylation sites is 1. The van der Waals surface area contributed by atoms with Crippen LogP contribution in [0.4, 0.5) is 0 Å². The minimum atomic E-state index is -0.120. The molecule has 1 aliphatic heterocycles. The van der Waals surface area contributed by atoms with Crippen LogP contribution in [0.2, 0.25) is 0 Å². The molecule has 2 amide bonds. The first kappa shape index (κ1) is 21.6. The summed E-state index contributed by atoms with van der Waals surface area (Å²) in [5.74, 6) is 0.928. The van der Waals surface area contributed by atoms with Crippen LogP contribution in [0, 0.1) is 0 Å². The van der Waals surface area contributed by atoms with Crippen molar-refractivity contribution in [3.63, 3.8) is 0 Å². The van der Waals surface area contributed by atoms with Gasteiger partial charge in [0.25, 0.3) is 11.8 Å². The number of ether oxygens (including phenoxy) is 1. The minimum absolute atomic E-state index is 0.0704. The van der Waals surface area contributed by atoms with Gasteiger partial charge in [-0.25, -0.2) is 0 Å². The van der Waals surface area contributed by atoms with E-state index in [4.69, 9.17) is 4.74 Å². The molecule has 0 spiro atoms. The summed E-state index contributed by atoms with van der Waals surface area (Å²) in [7, 11) is 1.63. The van der Waals surface area contributed by atoms with E-state index in [1.807, 2.05) is 77.7 Å². The zero-order chi connectivity index (χ0) is 22.3. The summed E-state index contributed by atoms with van der Waals surface area (Å²) in [5.41, 5.74) is 3.38. The normalized spacial score (nSPS) is 15.8. The number of carbonyl (C=O) groups is 2. The fourth-order valence-electron chi connectivity index (χ4n) is 4.26. The molecular weight excluding hydrogens is 400 g/mol. The van der Waals surface area contributed by atoms with Crippen LogP contribution in [0.3, 0.4) is 0 Å². The molecule has 5 nitrogen and oxygen atoms in total. The van der Waals surface area contributed by atoms with Crippen molar-refractivity contribution in [3.05, 3.63) is 101 Å². The lowest BCUT2D eigenvalue weighted by atomic mass is 9.89. The van der Waals surface area contributed by atoms with Crippen LogP contribution < -0.4 is 10.1 Å². The smallest absolute Gasteiger partial charge is 0.253 e. The summed E-state index contributed by atoms with van der Waals surface area (Å²) in [6, 6.07) is 24.8. The Balaban J connectivity index is 1.43. The van der Waals surface area contributed by atoms with Crippen molar-refractivity contribution in [1.82, 2.24) is 10.2 Å². The molecule has 164 valence electrons. The van der Waals surface area contributed by atoms with Crippen molar-refractivity contribution in [2.45, 2.75) is 25.3 Å². The van der Waals surface area contributed by atoms with Gasteiger partial charge in [-0.1, -0.05) is 48.5 Å². The first-order valence-corrected chi connectivity index (χ1v) is 11.0. The summed E-state index contributed by atoms with van der Waals surface area (Å²) >= 11 is 0. The van der Waals surface area contributed by atoms with Gasteiger partial charge in [0.05, 0.1) is 7.11 Å². The highest BCUT2D eigenvalue weighted by Gasteiger charge is 2.26. The number of likely N-dealkylation sites (tertiary alicyclic amines) is 1. The monoisotopic (exact) mass is 428 g/mol. The van der Waals surface area contributed by atoms with E-state index in [2.05, 4.69) is 11.4 Å². The Hall–Kier alpha value is -3.60. The topological polar surface area (TPSA) is 58.6 Å². The molecule has 1 saturated heterocycles. The Kier molecular flexibility index (Phi) is 6.85. The molecule has 0 saturated carbocycles. The van der Waals surface area contributed by atoms with Crippen molar-refractivity contribution in [2.24, 2.45) is 0 Å². The summed E-state index contributed by atoms with van der Waals surface area (Å²) in [4.78, 5) is 27.6. The third-order valence-corrected chi connectivity index (χ3v) is 5.98. The quantitative estimate of drug-likeness (QED) is 0.622. The van der Waals surface area contributed by atoms with Gasteiger partial charge in [0.15, 0.2) is 0 Å². The van der Waals surface area contributed by atoms with Crippen molar-refractivity contribution >= 4 is 11.8 Å². The number of amides is 2. The van der Waals surface area contributed by atoms with Gasteiger partial charge in [-0.2, -0.15) is 0 Å². The number of nitrogens with zero attached hydrogens (tertiary/aromatic N) is 1. The van der Waals surface area contributed by atoms with Crippen LogP contribution in [0.5, 0.6) is 5.75 Å². The highest BCUT2D eigenvalue weighted by atomic mass is 16.5. The molecule has 0 radical (unpaired) electrons. The molecule has 1 aliphatic rings. The van der Waals surface area contributed by atoms with Gasteiger partial charge in [0.2, 0.25) is 0 Å². The number of carbonyl (C=O) groups excluding carboxylic acids is 2. The van der Waals surface area contributed by atoms with E-state index < -0.39 is 0 Å². The SMILES string of the molecule is COc1ccccc1CNC(=O)c1cccc([C@H]2CCCN(C(=O)c3ccccc3)C2)c1. The van der Waals surface area contributed by atoms with Crippen molar-refractivity contribution in [3.8, 4) is 5.75 Å². The Morgan fingerprint density at radius 2 is 1.72 bits per heavy atom. The van der Waals surface area contributed by atoms with Crippen LogP contribution in [-0.4, -0.2) is 36.9 Å². The molecule has 0 aromatic heterocycles. The number of nitrogens with one attached hydrogen (secondary N) is 1. The number of benzene rings is 3. The van der Waals surface area contributed by atoms with Gasteiger partial charge in [0.1, 0.15) is 5.75 Å². The van der Waals surface area contributed by atoms with Gasteiger partial charge >= 0.3 is 0 Å². The van der Waals surface area contributed by atoms with E-state index in [0.717, 1.165) is 41.8 Å². The average molecular weight is 429 g/mol. The maximum atomic E-state index is 12.9. The lowest BCUT2D eigenvalue weighted by Crippen LogP contribution is -2.39. The Labute approximate surface area is 189 Å². The maximum absolute atomic E-state index is 12.9. The number of hydrogen-bond acceptors (Lipinski definition) is 3. The highest BCUT2D eigenvalue weighted by molar-refractivity contribution is 5.95. The van der Waals surface area contributed by atoms with Gasteiger partial charge in [0, 0.05) is 42.2 Å². The van der Waals surface area contributed by atoms with E-state index >= 15 is 0 Å². The van der Waals surface area contributed by atoms with Gasteiger partial charge in [-0.3, -0.25) is 9.59 Å².